The van der Waals surface area contributed by atoms with Gasteiger partial charge in [-0.15, -0.1) is 0 Å². The molecule has 5 nitrogen and oxygen atoms in total. The van der Waals surface area contributed by atoms with E-state index in [9.17, 15) is 14.7 Å². The first-order valence-corrected chi connectivity index (χ1v) is 10.4. The van der Waals surface area contributed by atoms with Crippen molar-refractivity contribution in [1.29, 1.82) is 0 Å². The number of carbonyl (C=O) groups excluding carboxylic acids is 2. The van der Waals surface area contributed by atoms with Crippen LogP contribution in [0.2, 0.25) is 0 Å². The Labute approximate surface area is 175 Å². The average Bonchev–Trinajstić information content (AvgIpc) is 2.63. The van der Waals surface area contributed by atoms with Gasteiger partial charge in [0.25, 0.3) is 0 Å². The minimum Gasteiger partial charge on any atom is -0.386 e. The molecule has 5 heteroatoms. The molecule has 0 heterocycles. The molecule has 0 aliphatic heterocycles. The molecule has 0 spiro atoms. The monoisotopic (exact) mass is 406 g/mol. The summed E-state index contributed by atoms with van der Waals surface area (Å²) in [7, 11) is 2.89. The molecule has 0 radical (unpaired) electrons. The van der Waals surface area contributed by atoms with Gasteiger partial charge in [-0.2, -0.15) is 0 Å². The summed E-state index contributed by atoms with van der Waals surface area (Å²) in [5.74, 6) is -0.844. The number of ether oxygens (including phenoxy) is 2. The number of aliphatic hydroxyl groups is 1. The molecule has 0 aromatic carbocycles. The number of allylic oxidation sites excluding steroid dienone is 5. The van der Waals surface area contributed by atoms with Crippen molar-refractivity contribution < 1.29 is 24.2 Å². The van der Waals surface area contributed by atoms with Gasteiger partial charge in [-0.25, -0.2) is 0 Å². The van der Waals surface area contributed by atoms with Gasteiger partial charge < -0.3 is 14.6 Å². The van der Waals surface area contributed by atoms with Gasteiger partial charge in [0.05, 0.1) is 5.60 Å². The molecule has 29 heavy (non-hydrogen) atoms. The van der Waals surface area contributed by atoms with Gasteiger partial charge in [0.1, 0.15) is 12.2 Å². The van der Waals surface area contributed by atoms with Crippen molar-refractivity contribution in [1.82, 2.24) is 0 Å². The van der Waals surface area contributed by atoms with E-state index in [1.165, 1.54) is 25.4 Å². The Bertz CT molecular complexity index is 651. The maximum atomic E-state index is 12.7. The molecule has 0 bridgehead atoms. The molecule has 0 saturated heterocycles. The van der Waals surface area contributed by atoms with Crippen molar-refractivity contribution in [2.45, 2.75) is 78.1 Å². The van der Waals surface area contributed by atoms with Gasteiger partial charge in [0.2, 0.25) is 0 Å². The average molecular weight is 407 g/mol. The second-order valence-electron chi connectivity index (χ2n) is 8.65. The van der Waals surface area contributed by atoms with Gasteiger partial charge in [-0.3, -0.25) is 9.59 Å². The molecular weight excluding hydrogens is 368 g/mol. The molecule has 0 amide bonds. The summed E-state index contributed by atoms with van der Waals surface area (Å²) in [6.07, 6.45) is 9.65. The molecule has 0 aromatic rings. The fourth-order valence-corrected chi connectivity index (χ4v) is 3.61. The van der Waals surface area contributed by atoms with Crippen molar-refractivity contribution in [3.05, 3.63) is 35.5 Å². The summed E-state index contributed by atoms with van der Waals surface area (Å²) in [5, 5.41) is 9.69. The molecule has 1 fully saturated rings. The maximum absolute atomic E-state index is 12.7. The van der Waals surface area contributed by atoms with Crippen LogP contribution >= 0.6 is 0 Å². The Kier molecular flexibility index (Phi) is 10.2. The standard InChI is InChI=1S/C24H38O5/c1-16(12-9-15-24(4,5)27)10-8-11-17(2)13-14-19-18(3)20(25)22(28-6)23(29-7)21(19)26/h9-10,13,15,18-19,22-23,27H,8,11-12,14H2,1-7H3/t18-,19-,22?,23?/m1/s1. The Morgan fingerprint density at radius 1 is 1.03 bits per heavy atom. The Morgan fingerprint density at radius 3 is 2.17 bits per heavy atom. The second kappa shape index (κ2) is 11.6. The van der Waals surface area contributed by atoms with Gasteiger partial charge in [0.15, 0.2) is 11.6 Å². The lowest BCUT2D eigenvalue weighted by Gasteiger charge is -2.35. The largest absolute Gasteiger partial charge is 0.386 e. The Morgan fingerprint density at radius 2 is 1.62 bits per heavy atom. The molecule has 1 aliphatic carbocycles. The van der Waals surface area contributed by atoms with Crippen molar-refractivity contribution in [2.75, 3.05) is 14.2 Å². The third-order valence-electron chi connectivity index (χ3n) is 5.48. The lowest BCUT2D eigenvalue weighted by atomic mass is 9.73. The van der Waals surface area contributed by atoms with E-state index >= 15 is 0 Å². The van der Waals surface area contributed by atoms with E-state index in [0.717, 1.165) is 19.3 Å². The van der Waals surface area contributed by atoms with E-state index < -0.39 is 17.8 Å². The van der Waals surface area contributed by atoms with Gasteiger partial charge in [-0.05, 0) is 53.4 Å². The molecule has 4 atom stereocenters. The summed E-state index contributed by atoms with van der Waals surface area (Å²) in [5.41, 5.74) is 1.68. The molecule has 2 unspecified atom stereocenters. The van der Waals surface area contributed by atoms with Crippen LogP contribution in [0.25, 0.3) is 0 Å². The zero-order valence-corrected chi connectivity index (χ0v) is 19.0. The number of hydrogen-bond acceptors (Lipinski definition) is 5. The van der Waals surface area contributed by atoms with Crippen molar-refractivity contribution >= 4 is 11.6 Å². The van der Waals surface area contributed by atoms with E-state index in [1.54, 1.807) is 26.8 Å². The molecule has 1 aliphatic rings. The van der Waals surface area contributed by atoms with Crippen LogP contribution in [0.1, 0.15) is 60.3 Å². The quantitative estimate of drug-likeness (QED) is 0.551. The first-order valence-electron chi connectivity index (χ1n) is 10.4. The number of Topliss-reactive ketones (excluding diaryl/α,β-unsaturated/α-hetero) is 2. The molecule has 0 aromatic heterocycles. The highest BCUT2D eigenvalue weighted by Crippen LogP contribution is 2.31. The zero-order chi connectivity index (χ0) is 22.2. The highest BCUT2D eigenvalue weighted by atomic mass is 16.5. The second-order valence-corrected chi connectivity index (χ2v) is 8.65. The molecular formula is C24H38O5. The lowest BCUT2D eigenvalue weighted by molar-refractivity contribution is -0.163. The summed E-state index contributed by atoms with van der Waals surface area (Å²) in [4.78, 5) is 25.3. The van der Waals surface area contributed by atoms with E-state index in [0.29, 0.717) is 6.42 Å². The number of methoxy groups -OCH3 is 2. The number of rotatable bonds is 10. The number of hydrogen-bond donors (Lipinski definition) is 1. The summed E-state index contributed by atoms with van der Waals surface area (Å²) in [6, 6.07) is 0. The predicted molar refractivity (Wildman–Crippen MR) is 116 cm³/mol. The van der Waals surface area contributed by atoms with Gasteiger partial charge >= 0.3 is 0 Å². The smallest absolute Gasteiger partial charge is 0.168 e. The third-order valence-corrected chi connectivity index (χ3v) is 5.48. The number of ketones is 2. The van der Waals surface area contributed by atoms with E-state index in [4.69, 9.17) is 9.47 Å². The first-order chi connectivity index (χ1) is 13.5. The van der Waals surface area contributed by atoms with Gasteiger partial charge in [-0.1, -0.05) is 42.4 Å². The van der Waals surface area contributed by atoms with Crippen molar-refractivity contribution in [2.24, 2.45) is 11.8 Å². The summed E-state index contributed by atoms with van der Waals surface area (Å²) >= 11 is 0. The van der Waals surface area contributed by atoms with Crippen LogP contribution in [0.5, 0.6) is 0 Å². The molecule has 1 N–H and O–H groups in total. The summed E-state index contributed by atoms with van der Waals surface area (Å²) in [6.45, 7) is 9.46. The fourth-order valence-electron chi connectivity index (χ4n) is 3.61. The Balaban J connectivity index is 2.61. The van der Waals surface area contributed by atoms with E-state index in [1.807, 2.05) is 6.08 Å². The van der Waals surface area contributed by atoms with E-state index in [-0.39, 0.29) is 23.4 Å². The van der Waals surface area contributed by atoms with Crippen LogP contribution < -0.4 is 0 Å². The normalized spacial score (nSPS) is 27.2. The highest BCUT2D eigenvalue weighted by molar-refractivity contribution is 6.02. The number of carbonyl (C=O) groups is 2. The highest BCUT2D eigenvalue weighted by Gasteiger charge is 2.47. The van der Waals surface area contributed by atoms with Crippen molar-refractivity contribution in [3.63, 3.8) is 0 Å². The van der Waals surface area contributed by atoms with Crippen LogP contribution in [-0.2, 0) is 19.1 Å². The first kappa shape index (κ1) is 25.5. The van der Waals surface area contributed by atoms with Crippen LogP contribution in [0, 0.1) is 11.8 Å². The van der Waals surface area contributed by atoms with E-state index in [2.05, 4.69) is 26.0 Å². The van der Waals surface area contributed by atoms with Crippen LogP contribution in [0.15, 0.2) is 35.5 Å². The Hall–Kier alpha value is -1.56. The third kappa shape index (κ3) is 8.00. The fraction of sp³-hybridized carbons (Fsp3) is 0.667. The lowest BCUT2D eigenvalue weighted by Crippen LogP contribution is -2.54. The topological polar surface area (TPSA) is 72.8 Å². The molecule has 164 valence electrons. The molecule has 1 rings (SSSR count). The van der Waals surface area contributed by atoms with Gasteiger partial charge in [0, 0.05) is 26.1 Å². The van der Waals surface area contributed by atoms with Crippen molar-refractivity contribution in [3.8, 4) is 0 Å². The van der Waals surface area contributed by atoms with Crippen LogP contribution in [0.3, 0.4) is 0 Å². The maximum Gasteiger partial charge on any atom is 0.168 e. The van der Waals surface area contributed by atoms with Crippen LogP contribution in [0.4, 0.5) is 0 Å². The minimum atomic E-state index is -0.815. The van der Waals surface area contributed by atoms with Crippen LogP contribution in [-0.4, -0.2) is 48.7 Å². The predicted octanol–water partition coefficient (Wildman–Crippen LogP) is 4.20. The zero-order valence-electron chi connectivity index (χ0n) is 19.0. The minimum absolute atomic E-state index is 0.0511. The SMILES string of the molecule is COC1C(=O)[C@H](C)[C@@H](CC=C(C)CCC=C(C)CC=CC(C)(C)O)C(=O)C1OC. The molecule has 1 saturated carbocycles. The summed E-state index contributed by atoms with van der Waals surface area (Å²) < 4.78 is 10.5.